The highest BCUT2D eigenvalue weighted by Gasteiger charge is 2.29. The summed E-state index contributed by atoms with van der Waals surface area (Å²) in [5.74, 6) is 0. The van der Waals surface area contributed by atoms with Gasteiger partial charge in [-0.15, -0.1) is 10.2 Å². The summed E-state index contributed by atoms with van der Waals surface area (Å²) >= 11 is 0. The number of nitrogens with zero attached hydrogens (tertiary/aromatic N) is 5. The van der Waals surface area contributed by atoms with E-state index in [4.69, 9.17) is 15.1 Å². The van der Waals surface area contributed by atoms with Gasteiger partial charge in [-0.25, -0.2) is 9.98 Å². The number of rotatable bonds is 5. The highest BCUT2D eigenvalue weighted by molar-refractivity contribution is 6.06. The first kappa shape index (κ1) is 28.2. The quantitative estimate of drug-likeness (QED) is 0.189. The minimum Gasteiger partial charge on any atom is -0.248 e. The molecule has 0 N–H and O–H groups in total. The van der Waals surface area contributed by atoms with E-state index in [1.54, 1.807) is 0 Å². The monoisotopic (exact) mass is 637 g/mol. The molecule has 10 rings (SSSR count). The molecule has 2 aliphatic rings. The fourth-order valence-corrected chi connectivity index (χ4v) is 7.54. The molecule has 5 heteroatoms. The average Bonchev–Trinajstić information content (AvgIpc) is 3.77. The minimum atomic E-state index is 0.747. The van der Waals surface area contributed by atoms with E-state index in [9.17, 15) is 0 Å². The van der Waals surface area contributed by atoms with Crippen LogP contribution in [-0.2, 0) is 0 Å². The van der Waals surface area contributed by atoms with E-state index in [1.165, 1.54) is 0 Å². The summed E-state index contributed by atoms with van der Waals surface area (Å²) in [5, 5.41) is 17.7. The zero-order valence-electron chi connectivity index (χ0n) is 26.8. The van der Waals surface area contributed by atoms with Crippen LogP contribution in [0.2, 0.25) is 0 Å². The van der Waals surface area contributed by atoms with Crippen LogP contribution in [0.4, 0.5) is 11.4 Å². The van der Waals surface area contributed by atoms with Gasteiger partial charge in [-0.2, -0.15) is 0 Å². The lowest BCUT2D eigenvalue weighted by Crippen LogP contribution is -2.03. The van der Waals surface area contributed by atoms with Gasteiger partial charge < -0.3 is 0 Å². The Kier molecular flexibility index (Phi) is 6.42. The Morgan fingerprint density at radius 3 is 1.74 bits per heavy atom. The van der Waals surface area contributed by atoms with Gasteiger partial charge in [0.1, 0.15) is 5.69 Å². The van der Waals surface area contributed by atoms with E-state index in [1.807, 2.05) is 18.3 Å². The van der Waals surface area contributed by atoms with Crippen LogP contribution in [0.25, 0.3) is 66.9 Å². The summed E-state index contributed by atoms with van der Waals surface area (Å²) in [6.45, 7) is 0. The van der Waals surface area contributed by atoms with Crippen LogP contribution in [0.3, 0.4) is 0 Å². The summed E-state index contributed by atoms with van der Waals surface area (Å²) in [6.07, 6.45) is 1.85. The summed E-state index contributed by atoms with van der Waals surface area (Å²) in [6, 6.07) is 55.0. The lowest BCUT2D eigenvalue weighted by atomic mass is 9.84. The van der Waals surface area contributed by atoms with Crippen molar-refractivity contribution < 1.29 is 0 Å². The highest BCUT2D eigenvalue weighted by Crippen LogP contribution is 2.51. The predicted octanol–water partition coefficient (Wildman–Crippen LogP) is 9.69. The van der Waals surface area contributed by atoms with E-state index < -0.39 is 0 Å². The molecule has 0 aliphatic carbocycles. The third-order valence-corrected chi connectivity index (χ3v) is 9.74. The molecule has 2 aliphatic heterocycles. The molecule has 0 unspecified atom stereocenters. The minimum absolute atomic E-state index is 0.747. The smallest absolute Gasteiger partial charge is 0.105 e. The molecule has 0 amide bonds. The average molecular weight is 638 g/mol. The van der Waals surface area contributed by atoms with Crippen LogP contribution in [-0.4, -0.2) is 15.4 Å². The third-order valence-electron chi connectivity index (χ3n) is 9.74. The molecular formula is C45H27N5. The fourth-order valence-electron chi connectivity index (χ4n) is 7.54. The Labute approximate surface area is 288 Å². The van der Waals surface area contributed by atoms with E-state index in [2.05, 4.69) is 156 Å². The maximum Gasteiger partial charge on any atom is 0.105 e. The second kappa shape index (κ2) is 11.4. The van der Waals surface area contributed by atoms with Crippen LogP contribution in [0.15, 0.2) is 174 Å². The first-order valence-electron chi connectivity index (χ1n) is 16.7. The summed E-state index contributed by atoms with van der Waals surface area (Å²) in [7, 11) is 0. The van der Waals surface area contributed by atoms with Crippen molar-refractivity contribution in [2.75, 3.05) is 0 Å². The summed E-state index contributed by atoms with van der Waals surface area (Å²) in [5.41, 5.74) is 14.2. The van der Waals surface area contributed by atoms with E-state index in [-0.39, 0.29) is 0 Å². The summed E-state index contributed by atoms with van der Waals surface area (Å²) in [4.78, 5) is 10.4. The fraction of sp³-hybridized carbons (Fsp3) is 0. The maximum absolute atomic E-state index is 5.19. The van der Waals surface area contributed by atoms with Gasteiger partial charge >= 0.3 is 0 Å². The number of aromatic nitrogens is 3. The van der Waals surface area contributed by atoms with Crippen LogP contribution in [0.1, 0.15) is 0 Å². The van der Waals surface area contributed by atoms with Crippen molar-refractivity contribution in [1.82, 2.24) is 15.4 Å². The van der Waals surface area contributed by atoms with Crippen molar-refractivity contribution in [2.45, 2.75) is 0 Å². The molecule has 0 saturated carbocycles. The van der Waals surface area contributed by atoms with Crippen molar-refractivity contribution in [3.8, 4) is 66.9 Å². The van der Waals surface area contributed by atoms with Crippen LogP contribution >= 0.6 is 0 Å². The molecule has 50 heavy (non-hydrogen) atoms. The highest BCUT2D eigenvalue weighted by atomic mass is 15.3. The lowest BCUT2D eigenvalue weighted by molar-refractivity contribution is 0.873. The number of fused-ring (bicyclic) bond motifs is 6. The molecule has 7 aromatic carbocycles. The summed E-state index contributed by atoms with van der Waals surface area (Å²) < 4.78 is 0. The maximum atomic E-state index is 5.19. The first-order valence-corrected chi connectivity index (χ1v) is 16.7. The molecule has 0 fully saturated rings. The zero-order valence-corrected chi connectivity index (χ0v) is 26.8. The standard InChI is InChI=1S/C45H27N5/c1-3-13-28(14-4-1)30-17-7-8-18-32(30)33-19-9-10-20-34(33)37-27-46-50-49-45(37)41-31(29-15-5-2-6-16-29)23-25-39-42(41)43-40(47-39)26-24-36-35-21-11-12-22-38(35)48-44(36)43/h1-27H. The second-order valence-electron chi connectivity index (χ2n) is 12.5. The molecule has 0 saturated heterocycles. The van der Waals surface area contributed by atoms with Gasteiger partial charge in [0.15, 0.2) is 0 Å². The first-order chi connectivity index (χ1) is 24.8. The van der Waals surface area contributed by atoms with E-state index in [0.717, 1.165) is 99.4 Å². The molecule has 3 heterocycles. The van der Waals surface area contributed by atoms with Crippen molar-refractivity contribution >= 4 is 11.4 Å². The molecule has 5 nitrogen and oxygen atoms in total. The van der Waals surface area contributed by atoms with E-state index >= 15 is 0 Å². The second-order valence-corrected chi connectivity index (χ2v) is 12.5. The molecule has 0 bridgehead atoms. The van der Waals surface area contributed by atoms with Gasteiger partial charge in [-0.3, -0.25) is 0 Å². The molecule has 0 spiro atoms. The van der Waals surface area contributed by atoms with Crippen LogP contribution < -0.4 is 10.7 Å². The van der Waals surface area contributed by atoms with Crippen LogP contribution in [0.5, 0.6) is 0 Å². The molecule has 1 aromatic heterocycles. The Bertz CT molecular complexity index is 2870. The zero-order chi connectivity index (χ0) is 33.0. The molecule has 232 valence electrons. The SMILES string of the molecule is c1ccc(-c2ccccc2-c2ccccc2-c2cnnnc2-c2c(-c3ccccc3)ccc3c2-c2c4c(ccc2=N3)=c2ccccc2=N4)cc1. The number of hydrogen-bond acceptors (Lipinski definition) is 5. The Balaban J connectivity index is 1.27. The van der Waals surface area contributed by atoms with Gasteiger partial charge in [0.25, 0.3) is 0 Å². The number of benzene rings is 7. The van der Waals surface area contributed by atoms with Crippen molar-refractivity contribution in [3.63, 3.8) is 0 Å². The topological polar surface area (TPSA) is 63.4 Å². The largest absolute Gasteiger partial charge is 0.248 e. The predicted molar refractivity (Wildman–Crippen MR) is 198 cm³/mol. The Morgan fingerprint density at radius 2 is 0.980 bits per heavy atom. The number of para-hydroxylation sites is 1. The van der Waals surface area contributed by atoms with Crippen LogP contribution in [0, 0.1) is 10.4 Å². The number of hydrogen-bond donors (Lipinski definition) is 0. The normalized spacial score (nSPS) is 11.9. The Hall–Kier alpha value is -6.85. The van der Waals surface area contributed by atoms with E-state index in [0.29, 0.717) is 0 Å². The third kappa shape index (κ3) is 4.37. The van der Waals surface area contributed by atoms with Gasteiger partial charge in [-0.05, 0) is 68.4 Å². The Morgan fingerprint density at radius 1 is 0.360 bits per heavy atom. The van der Waals surface area contributed by atoms with Crippen molar-refractivity contribution in [1.29, 1.82) is 0 Å². The van der Waals surface area contributed by atoms with Gasteiger partial charge in [0.2, 0.25) is 0 Å². The van der Waals surface area contributed by atoms with Crippen molar-refractivity contribution in [2.24, 2.45) is 9.98 Å². The molecule has 0 atom stereocenters. The van der Waals surface area contributed by atoms with Gasteiger partial charge in [0, 0.05) is 32.7 Å². The van der Waals surface area contributed by atoms with Gasteiger partial charge in [-0.1, -0.05) is 133 Å². The van der Waals surface area contributed by atoms with Crippen molar-refractivity contribution in [3.05, 3.63) is 185 Å². The molecule has 8 aromatic rings. The lowest BCUT2D eigenvalue weighted by Gasteiger charge is -2.19. The van der Waals surface area contributed by atoms with Gasteiger partial charge in [0.05, 0.1) is 28.3 Å². The molecule has 0 radical (unpaired) electrons. The molecular weight excluding hydrogens is 611 g/mol.